The molecular formula is C18H21N3O2S. The van der Waals surface area contributed by atoms with Crippen molar-refractivity contribution in [3.63, 3.8) is 0 Å². The van der Waals surface area contributed by atoms with Crippen LogP contribution >= 0.6 is 11.3 Å². The van der Waals surface area contributed by atoms with E-state index >= 15 is 0 Å². The van der Waals surface area contributed by atoms with Crippen molar-refractivity contribution in [3.8, 4) is 0 Å². The Kier molecular flexibility index (Phi) is 4.57. The second-order valence-corrected chi connectivity index (χ2v) is 7.13. The maximum atomic E-state index is 12.4. The van der Waals surface area contributed by atoms with Crippen LogP contribution in [0.4, 0.5) is 10.5 Å². The van der Waals surface area contributed by atoms with Gasteiger partial charge in [-0.3, -0.25) is 4.79 Å². The lowest BCUT2D eigenvalue weighted by molar-refractivity contribution is 0.0832. The van der Waals surface area contributed by atoms with Crippen molar-refractivity contribution in [2.45, 2.75) is 19.4 Å². The highest BCUT2D eigenvalue weighted by atomic mass is 32.1. The van der Waals surface area contributed by atoms with Gasteiger partial charge >= 0.3 is 6.03 Å². The van der Waals surface area contributed by atoms with E-state index in [-0.39, 0.29) is 18.0 Å². The minimum atomic E-state index is -0.0916. The summed E-state index contributed by atoms with van der Waals surface area (Å²) >= 11 is 1.47. The van der Waals surface area contributed by atoms with Gasteiger partial charge in [0.25, 0.3) is 5.91 Å². The van der Waals surface area contributed by atoms with Crippen LogP contribution in [-0.2, 0) is 0 Å². The average Bonchev–Trinajstić information content (AvgIpc) is 3.19. The molecule has 5 nitrogen and oxygen atoms in total. The Bertz CT molecular complexity index is 810. The van der Waals surface area contributed by atoms with Gasteiger partial charge in [0.05, 0.1) is 10.9 Å². The van der Waals surface area contributed by atoms with Crippen molar-refractivity contribution in [1.29, 1.82) is 0 Å². The number of thiophene rings is 1. The largest absolute Gasteiger partial charge is 0.344 e. The summed E-state index contributed by atoms with van der Waals surface area (Å²) in [6.45, 7) is 2.72. The van der Waals surface area contributed by atoms with E-state index in [9.17, 15) is 9.59 Å². The topological polar surface area (TPSA) is 52.7 Å². The lowest BCUT2D eigenvalue weighted by Crippen LogP contribution is -2.38. The number of nitrogens with zero attached hydrogens (tertiary/aromatic N) is 2. The molecule has 0 radical (unpaired) electrons. The van der Waals surface area contributed by atoms with Crippen molar-refractivity contribution in [2.24, 2.45) is 0 Å². The number of benzene rings is 1. The summed E-state index contributed by atoms with van der Waals surface area (Å²) in [5.41, 5.74) is 0.746. The van der Waals surface area contributed by atoms with E-state index in [1.807, 2.05) is 35.2 Å². The minimum Gasteiger partial charge on any atom is -0.344 e. The van der Waals surface area contributed by atoms with Crippen molar-refractivity contribution >= 4 is 39.0 Å². The maximum absolute atomic E-state index is 12.4. The summed E-state index contributed by atoms with van der Waals surface area (Å²) in [4.78, 5) is 28.6. The third kappa shape index (κ3) is 3.14. The number of amides is 3. The number of carbonyl (C=O) groups excluding carboxylic acids is 2. The molecule has 1 aromatic carbocycles. The molecule has 0 fully saturated rings. The van der Waals surface area contributed by atoms with E-state index in [4.69, 9.17) is 0 Å². The van der Waals surface area contributed by atoms with Crippen LogP contribution in [0.2, 0.25) is 0 Å². The van der Waals surface area contributed by atoms with Crippen LogP contribution < -0.4 is 5.32 Å². The van der Waals surface area contributed by atoms with E-state index in [2.05, 4.69) is 18.3 Å². The van der Waals surface area contributed by atoms with Gasteiger partial charge in [-0.1, -0.05) is 19.1 Å². The number of rotatable bonds is 3. The first-order valence-corrected chi connectivity index (χ1v) is 8.80. The molecule has 24 heavy (non-hydrogen) atoms. The molecule has 2 aromatic rings. The predicted octanol–water partition coefficient (Wildman–Crippen LogP) is 3.79. The Morgan fingerprint density at radius 3 is 2.83 bits per heavy atom. The number of anilines is 1. The monoisotopic (exact) mass is 343 g/mol. The Labute approximate surface area is 145 Å². The molecule has 0 bridgehead atoms. The molecule has 1 unspecified atom stereocenters. The second kappa shape index (κ2) is 6.65. The van der Waals surface area contributed by atoms with E-state index in [1.165, 1.54) is 11.3 Å². The van der Waals surface area contributed by atoms with Gasteiger partial charge in [0.15, 0.2) is 0 Å². The normalized spacial score (nSPS) is 16.6. The van der Waals surface area contributed by atoms with Crippen molar-refractivity contribution in [3.05, 3.63) is 41.3 Å². The lowest BCUT2D eigenvalue weighted by atomic mass is 10.2. The standard InChI is InChI=1S/C18H21N3O2S/c1-4-14-6-5-9-21(14)18(23)19-13-7-8-15-12(10-13)11-16(24-15)17(22)20(2)3/h5-8,10-11,14H,4,9H2,1-3H3,(H,19,23). The Morgan fingerprint density at radius 1 is 1.33 bits per heavy atom. The van der Waals surface area contributed by atoms with Crippen LogP contribution in [0.25, 0.3) is 10.1 Å². The van der Waals surface area contributed by atoms with Gasteiger partial charge < -0.3 is 15.1 Å². The van der Waals surface area contributed by atoms with Gasteiger partial charge in [0, 0.05) is 31.0 Å². The van der Waals surface area contributed by atoms with Gasteiger partial charge in [-0.25, -0.2) is 4.79 Å². The number of hydrogen-bond acceptors (Lipinski definition) is 3. The fourth-order valence-corrected chi connectivity index (χ4v) is 3.87. The number of carbonyl (C=O) groups is 2. The molecule has 126 valence electrons. The van der Waals surface area contributed by atoms with Crippen molar-refractivity contribution in [2.75, 3.05) is 26.0 Å². The summed E-state index contributed by atoms with van der Waals surface area (Å²) in [6, 6.07) is 7.70. The summed E-state index contributed by atoms with van der Waals surface area (Å²) in [7, 11) is 3.49. The summed E-state index contributed by atoms with van der Waals surface area (Å²) in [6.07, 6.45) is 5.00. The number of nitrogens with one attached hydrogen (secondary N) is 1. The predicted molar refractivity (Wildman–Crippen MR) is 98.8 cm³/mol. The zero-order valence-electron chi connectivity index (χ0n) is 14.1. The van der Waals surface area contributed by atoms with Crippen LogP contribution in [0, 0.1) is 0 Å². The third-order valence-corrected chi connectivity index (χ3v) is 5.23. The van der Waals surface area contributed by atoms with Crippen molar-refractivity contribution in [1.82, 2.24) is 9.80 Å². The quantitative estimate of drug-likeness (QED) is 0.862. The molecule has 2 heterocycles. The van der Waals surface area contributed by atoms with Crippen LogP contribution in [0.5, 0.6) is 0 Å². The number of fused-ring (bicyclic) bond motifs is 1. The zero-order chi connectivity index (χ0) is 17.3. The highest BCUT2D eigenvalue weighted by Gasteiger charge is 2.23. The van der Waals surface area contributed by atoms with E-state index in [0.29, 0.717) is 11.4 Å². The lowest BCUT2D eigenvalue weighted by Gasteiger charge is -2.23. The number of urea groups is 1. The minimum absolute atomic E-state index is 0.00397. The second-order valence-electron chi connectivity index (χ2n) is 6.05. The maximum Gasteiger partial charge on any atom is 0.322 e. The zero-order valence-corrected chi connectivity index (χ0v) is 14.9. The van der Waals surface area contributed by atoms with Gasteiger partial charge in [-0.2, -0.15) is 0 Å². The van der Waals surface area contributed by atoms with Crippen LogP contribution in [-0.4, -0.2) is 48.4 Å². The molecule has 3 rings (SSSR count). The third-order valence-electron chi connectivity index (χ3n) is 4.12. The summed E-state index contributed by atoms with van der Waals surface area (Å²) in [5, 5.41) is 3.93. The summed E-state index contributed by atoms with van der Waals surface area (Å²) < 4.78 is 1.03. The van der Waals surface area contributed by atoms with Crippen LogP contribution in [0.3, 0.4) is 0 Å². The van der Waals surface area contributed by atoms with E-state index in [0.717, 1.165) is 22.2 Å². The molecule has 0 spiro atoms. The molecule has 3 amide bonds. The molecule has 1 aliphatic heterocycles. The molecule has 1 aliphatic rings. The fraction of sp³-hybridized carbons (Fsp3) is 0.333. The van der Waals surface area contributed by atoms with Gasteiger partial charge in [-0.05, 0) is 36.1 Å². The highest BCUT2D eigenvalue weighted by molar-refractivity contribution is 7.20. The van der Waals surface area contributed by atoms with Gasteiger partial charge in [0.1, 0.15) is 0 Å². The molecule has 1 atom stereocenters. The molecular weight excluding hydrogens is 322 g/mol. The highest BCUT2D eigenvalue weighted by Crippen LogP contribution is 2.29. The molecule has 0 aliphatic carbocycles. The first-order chi connectivity index (χ1) is 11.5. The SMILES string of the molecule is CCC1C=CCN1C(=O)Nc1ccc2sc(C(=O)N(C)C)cc2c1. The summed E-state index contributed by atoms with van der Waals surface area (Å²) in [5.74, 6) is -0.00397. The molecule has 0 saturated heterocycles. The first-order valence-electron chi connectivity index (χ1n) is 7.99. The first kappa shape index (κ1) is 16.5. The molecule has 1 N–H and O–H groups in total. The molecule has 6 heteroatoms. The van der Waals surface area contributed by atoms with E-state index < -0.39 is 0 Å². The molecule has 1 aromatic heterocycles. The fourth-order valence-electron chi connectivity index (χ4n) is 2.80. The van der Waals surface area contributed by atoms with Crippen molar-refractivity contribution < 1.29 is 9.59 Å². The van der Waals surface area contributed by atoms with E-state index in [1.54, 1.807) is 19.0 Å². The van der Waals surface area contributed by atoms with Crippen LogP contribution in [0.1, 0.15) is 23.0 Å². The average molecular weight is 343 g/mol. The Hall–Kier alpha value is -2.34. The molecule has 0 saturated carbocycles. The number of hydrogen-bond donors (Lipinski definition) is 1. The van der Waals surface area contributed by atoms with Gasteiger partial charge in [0.2, 0.25) is 0 Å². The Balaban J connectivity index is 1.78. The Morgan fingerprint density at radius 2 is 2.12 bits per heavy atom. The van der Waals surface area contributed by atoms with Gasteiger partial charge in [-0.15, -0.1) is 11.3 Å². The smallest absolute Gasteiger partial charge is 0.322 e. The van der Waals surface area contributed by atoms with Crippen LogP contribution in [0.15, 0.2) is 36.4 Å².